The lowest BCUT2D eigenvalue weighted by Gasteiger charge is -2.06. The van der Waals surface area contributed by atoms with Crippen LogP contribution < -0.4 is 0 Å². The van der Waals surface area contributed by atoms with Crippen LogP contribution in [0.5, 0.6) is 0 Å². The van der Waals surface area contributed by atoms with Gasteiger partial charge in [-0.15, -0.1) is 0 Å². The van der Waals surface area contributed by atoms with Crippen LogP contribution in [0.15, 0.2) is 4.52 Å². The molecule has 1 rings (SSSR count). The van der Waals surface area contributed by atoms with Gasteiger partial charge in [-0.3, -0.25) is 4.79 Å². The Kier molecular flexibility index (Phi) is 3.96. The second-order valence-electron chi connectivity index (χ2n) is 3.46. The number of carbonyl (C=O) groups is 1. The number of nitrogens with zero attached hydrogens (tertiary/aromatic N) is 2. The largest absolute Gasteiger partial charge is 0.373 e. The Morgan fingerprint density at radius 2 is 2.27 bits per heavy atom. The molecule has 0 aliphatic heterocycles. The van der Waals surface area contributed by atoms with E-state index in [1.54, 1.807) is 14.0 Å². The Bertz CT molecular complexity index is 331. The van der Waals surface area contributed by atoms with Crippen LogP contribution in [0.25, 0.3) is 0 Å². The molecule has 1 heterocycles. The molecule has 5 heteroatoms. The summed E-state index contributed by atoms with van der Waals surface area (Å²) in [5.74, 6) is 0.521. The van der Waals surface area contributed by atoms with Crippen LogP contribution in [-0.4, -0.2) is 23.0 Å². The molecule has 0 fully saturated rings. The first-order valence-electron chi connectivity index (χ1n) is 4.96. The third-order valence-corrected chi connectivity index (χ3v) is 2.38. The van der Waals surface area contributed by atoms with E-state index < -0.39 is 0 Å². The summed E-state index contributed by atoms with van der Waals surface area (Å²) in [6.45, 7) is 5.22. The lowest BCUT2D eigenvalue weighted by Crippen LogP contribution is -2.06. The third kappa shape index (κ3) is 2.62. The molecule has 0 N–H and O–H groups in total. The number of ketones is 1. The molecule has 1 aromatic heterocycles. The first-order chi connectivity index (χ1) is 7.10. The average Bonchev–Trinajstić information content (AvgIpc) is 2.67. The van der Waals surface area contributed by atoms with E-state index in [0.29, 0.717) is 11.7 Å². The van der Waals surface area contributed by atoms with Crippen LogP contribution in [0.4, 0.5) is 0 Å². The topological polar surface area (TPSA) is 65.2 Å². The summed E-state index contributed by atoms with van der Waals surface area (Å²) in [4.78, 5) is 15.3. The van der Waals surface area contributed by atoms with E-state index in [4.69, 9.17) is 9.26 Å². The predicted octanol–water partition coefficient (Wildman–Crippen LogP) is 1.86. The number of carbonyl (C=O) groups excluding carboxylic acids is 1. The highest BCUT2D eigenvalue weighted by Crippen LogP contribution is 2.20. The van der Waals surface area contributed by atoms with Crippen LogP contribution in [-0.2, 0) is 9.53 Å². The summed E-state index contributed by atoms with van der Waals surface area (Å²) in [6, 6.07) is 0. The molecule has 0 saturated heterocycles. The van der Waals surface area contributed by atoms with Crippen LogP contribution in [0.3, 0.4) is 0 Å². The standard InChI is InChI=1S/C10H16N2O3/c1-5-8(14-4)9-11-10(15-12-9)6(2)7(3)13/h6,8H,5H2,1-4H3. The smallest absolute Gasteiger partial charge is 0.237 e. The molecule has 0 saturated carbocycles. The van der Waals surface area contributed by atoms with Gasteiger partial charge in [0.2, 0.25) is 11.7 Å². The fraction of sp³-hybridized carbons (Fsp3) is 0.700. The van der Waals surface area contributed by atoms with Crippen molar-refractivity contribution >= 4 is 5.78 Å². The maximum atomic E-state index is 11.1. The molecule has 0 aliphatic carbocycles. The van der Waals surface area contributed by atoms with Crippen LogP contribution >= 0.6 is 0 Å². The lowest BCUT2D eigenvalue weighted by molar-refractivity contribution is -0.118. The maximum absolute atomic E-state index is 11.1. The van der Waals surface area contributed by atoms with Gasteiger partial charge in [0.15, 0.2) is 0 Å². The summed E-state index contributed by atoms with van der Waals surface area (Å²) < 4.78 is 10.2. The van der Waals surface area contributed by atoms with Gasteiger partial charge >= 0.3 is 0 Å². The van der Waals surface area contributed by atoms with E-state index >= 15 is 0 Å². The van der Waals surface area contributed by atoms with E-state index in [-0.39, 0.29) is 17.8 Å². The average molecular weight is 212 g/mol. The molecule has 0 bridgehead atoms. The molecule has 1 aromatic rings. The zero-order valence-electron chi connectivity index (χ0n) is 9.48. The van der Waals surface area contributed by atoms with Gasteiger partial charge in [0.25, 0.3) is 0 Å². The van der Waals surface area contributed by atoms with Gasteiger partial charge in [-0.1, -0.05) is 12.1 Å². The minimum atomic E-state index is -0.347. The number of ether oxygens (including phenoxy) is 1. The van der Waals surface area contributed by atoms with E-state index in [1.807, 2.05) is 6.92 Å². The van der Waals surface area contributed by atoms with Crippen molar-refractivity contribution in [2.24, 2.45) is 0 Å². The molecule has 2 unspecified atom stereocenters. The van der Waals surface area contributed by atoms with Crippen LogP contribution in [0.2, 0.25) is 0 Å². The number of hydrogen-bond acceptors (Lipinski definition) is 5. The zero-order valence-corrected chi connectivity index (χ0v) is 9.48. The van der Waals surface area contributed by atoms with Gasteiger partial charge in [0.1, 0.15) is 11.9 Å². The summed E-state index contributed by atoms with van der Waals surface area (Å²) >= 11 is 0. The highest BCUT2D eigenvalue weighted by atomic mass is 16.5. The second kappa shape index (κ2) is 5.02. The molecular weight excluding hydrogens is 196 g/mol. The fourth-order valence-corrected chi connectivity index (χ4v) is 1.18. The third-order valence-electron chi connectivity index (χ3n) is 2.38. The van der Waals surface area contributed by atoms with Crippen LogP contribution in [0.1, 0.15) is 50.9 Å². The quantitative estimate of drug-likeness (QED) is 0.745. The predicted molar refractivity (Wildman–Crippen MR) is 53.4 cm³/mol. The number of hydrogen-bond donors (Lipinski definition) is 0. The Hall–Kier alpha value is -1.23. The number of Topliss-reactive ketones (excluding diaryl/α,β-unsaturated/α-hetero) is 1. The Labute approximate surface area is 88.8 Å². The molecule has 5 nitrogen and oxygen atoms in total. The second-order valence-corrected chi connectivity index (χ2v) is 3.46. The number of methoxy groups -OCH3 is 1. The Morgan fingerprint density at radius 3 is 2.73 bits per heavy atom. The summed E-state index contributed by atoms with van der Waals surface area (Å²) in [6.07, 6.45) is 0.603. The molecular formula is C10H16N2O3. The Balaban J connectivity index is 2.84. The SMILES string of the molecule is CCC(OC)c1noc(C(C)C(C)=O)n1. The van der Waals surface area contributed by atoms with Gasteiger partial charge in [-0.05, 0) is 20.3 Å². The minimum absolute atomic E-state index is 0.00988. The van der Waals surface area contributed by atoms with E-state index in [2.05, 4.69) is 10.1 Å². The Morgan fingerprint density at radius 1 is 1.60 bits per heavy atom. The number of rotatable bonds is 5. The lowest BCUT2D eigenvalue weighted by atomic mass is 10.1. The number of aromatic nitrogens is 2. The normalized spacial score (nSPS) is 14.9. The van der Waals surface area contributed by atoms with Crippen molar-refractivity contribution in [3.8, 4) is 0 Å². The molecule has 0 aliphatic rings. The molecule has 15 heavy (non-hydrogen) atoms. The van der Waals surface area contributed by atoms with Crippen molar-refractivity contribution in [1.82, 2.24) is 10.1 Å². The molecule has 0 aromatic carbocycles. The van der Waals surface area contributed by atoms with Crippen molar-refractivity contribution in [3.05, 3.63) is 11.7 Å². The van der Waals surface area contributed by atoms with Crippen LogP contribution in [0, 0.1) is 0 Å². The zero-order chi connectivity index (χ0) is 11.4. The van der Waals surface area contributed by atoms with Gasteiger partial charge in [0.05, 0.1) is 5.92 Å². The highest BCUT2D eigenvalue weighted by Gasteiger charge is 2.21. The highest BCUT2D eigenvalue weighted by molar-refractivity contribution is 5.81. The summed E-state index contributed by atoms with van der Waals surface area (Å²) in [7, 11) is 1.60. The molecule has 0 radical (unpaired) electrons. The van der Waals surface area contributed by atoms with E-state index in [9.17, 15) is 4.79 Å². The minimum Gasteiger partial charge on any atom is -0.373 e. The monoisotopic (exact) mass is 212 g/mol. The van der Waals surface area contributed by atoms with E-state index in [0.717, 1.165) is 6.42 Å². The van der Waals surface area contributed by atoms with Crippen molar-refractivity contribution < 1.29 is 14.1 Å². The van der Waals surface area contributed by atoms with Gasteiger partial charge < -0.3 is 9.26 Å². The van der Waals surface area contributed by atoms with Crippen molar-refractivity contribution in [3.63, 3.8) is 0 Å². The molecule has 84 valence electrons. The fourth-order valence-electron chi connectivity index (χ4n) is 1.18. The molecule has 0 amide bonds. The first kappa shape index (κ1) is 11.8. The van der Waals surface area contributed by atoms with Gasteiger partial charge in [-0.2, -0.15) is 4.98 Å². The summed E-state index contributed by atoms with van der Waals surface area (Å²) in [5.41, 5.74) is 0. The summed E-state index contributed by atoms with van der Waals surface area (Å²) in [5, 5.41) is 3.80. The van der Waals surface area contributed by atoms with Crippen molar-refractivity contribution in [2.45, 2.75) is 39.2 Å². The molecule has 0 spiro atoms. The van der Waals surface area contributed by atoms with Gasteiger partial charge in [-0.25, -0.2) is 0 Å². The van der Waals surface area contributed by atoms with Crippen molar-refractivity contribution in [1.29, 1.82) is 0 Å². The van der Waals surface area contributed by atoms with Crippen molar-refractivity contribution in [2.75, 3.05) is 7.11 Å². The molecule has 2 atom stereocenters. The van der Waals surface area contributed by atoms with E-state index in [1.165, 1.54) is 6.92 Å². The maximum Gasteiger partial charge on any atom is 0.237 e. The first-order valence-corrected chi connectivity index (χ1v) is 4.96. The van der Waals surface area contributed by atoms with Gasteiger partial charge in [0, 0.05) is 7.11 Å².